The number of fused-ring (bicyclic) bond motifs is 2. The summed E-state index contributed by atoms with van der Waals surface area (Å²) in [6.45, 7) is 15.5. The van der Waals surface area contributed by atoms with Crippen LogP contribution in [0, 0.1) is 6.92 Å². The van der Waals surface area contributed by atoms with Gasteiger partial charge < -0.3 is 14.5 Å². The van der Waals surface area contributed by atoms with E-state index in [4.69, 9.17) is 4.74 Å². The summed E-state index contributed by atoms with van der Waals surface area (Å²) in [6.07, 6.45) is 13.0. The minimum atomic E-state index is -4.35. The lowest BCUT2D eigenvalue weighted by Gasteiger charge is -2.21. The van der Waals surface area contributed by atoms with Gasteiger partial charge in [-0.15, -0.1) is 57.1 Å². The van der Waals surface area contributed by atoms with Crippen molar-refractivity contribution in [3.05, 3.63) is 185 Å². The number of allylic oxidation sites excluding steroid dienone is 2. The van der Waals surface area contributed by atoms with Crippen LogP contribution in [0.15, 0.2) is 134 Å². The first-order valence-corrected chi connectivity index (χ1v) is 34.7. The van der Waals surface area contributed by atoms with Gasteiger partial charge >= 0.3 is 0 Å². The molecular formula is C60H62N4O9S8. The molecule has 4 aromatic carbocycles. The lowest BCUT2D eigenvalue weighted by Crippen LogP contribution is -2.32. The zero-order chi connectivity index (χ0) is 57.8. The van der Waals surface area contributed by atoms with Gasteiger partial charge in [-0.2, -0.15) is 16.8 Å². The molecule has 0 spiro atoms. The summed E-state index contributed by atoms with van der Waals surface area (Å²) in [6, 6.07) is 33.0. The highest BCUT2D eigenvalue weighted by Gasteiger charge is 2.31. The van der Waals surface area contributed by atoms with E-state index in [1.165, 1.54) is 82.7 Å². The number of anilines is 1. The van der Waals surface area contributed by atoms with Gasteiger partial charge in [0.25, 0.3) is 31.4 Å². The molecule has 0 radical (unpaired) electrons. The Morgan fingerprint density at radius 3 is 1.78 bits per heavy atom. The molecular weight excluding hydrogens is 1180 g/mol. The van der Waals surface area contributed by atoms with Gasteiger partial charge in [0.2, 0.25) is 0 Å². The van der Waals surface area contributed by atoms with Crippen LogP contribution in [0.5, 0.6) is 5.75 Å². The zero-order valence-corrected chi connectivity index (χ0v) is 52.3. The van der Waals surface area contributed by atoms with Crippen molar-refractivity contribution in [2.75, 3.05) is 29.0 Å². The minimum absolute atomic E-state index is 0.0171. The summed E-state index contributed by atoms with van der Waals surface area (Å²) >= 11 is 9.24. The maximum atomic E-state index is 13.7. The molecule has 13 nitrogen and oxygen atoms in total. The summed E-state index contributed by atoms with van der Waals surface area (Å²) in [7, 11) is -8.48. The first-order chi connectivity index (χ1) is 38.8. The second-order valence-electron chi connectivity index (χ2n) is 19.0. The highest BCUT2D eigenvalue weighted by Crippen LogP contribution is 2.49. The molecule has 1 unspecified atom stereocenters. The molecule has 1 saturated heterocycles. The smallest absolute Gasteiger partial charge is 0.283 e. The number of aromatic nitrogens is 2. The van der Waals surface area contributed by atoms with Crippen molar-refractivity contribution >= 4 is 129 Å². The first-order valence-electron chi connectivity index (χ1n) is 26.4. The normalized spacial score (nSPS) is 16.6. The SMILES string of the molecule is CCOc1cc2c(cc1C)S/C(=C/C=c1\sc(=Cc3sc(-c4ccccc4)c(-c4ccccc4)c3CC)n(CC)c1=O)N2CS(=O)(=O)O.CCc1c(C=c2s/c(=C\C=C3\SCC(C)N3CS(=O)(=O)O)c(=O)n2CC)sc2ccccc12. The summed E-state index contributed by atoms with van der Waals surface area (Å²) < 4.78 is 79.4. The van der Waals surface area contributed by atoms with E-state index in [9.17, 15) is 35.5 Å². The lowest BCUT2D eigenvalue weighted by molar-refractivity contribution is 0.338. The van der Waals surface area contributed by atoms with Gasteiger partial charge in [-0.25, -0.2) is 0 Å². The van der Waals surface area contributed by atoms with Gasteiger partial charge in [0.05, 0.1) is 40.7 Å². The monoisotopic (exact) mass is 1240 g/mol. The van der Waals surface area contributed by atoms with E-state index in [-0.39, 0.29) is 17.2 Å². The molecule has 21 heteroatoms. The van der Waals surface area contributed by atoms with Crippen molar-refractivity contribution < 1.29 is 30.7 Å². The zero-order valence-electron chi connectivity index (χ0n) is 45.7. The van der Waals surface area contributed by atoms with E-state index in [1.807, 2.05) is 58.9 Å². The molecule has 1 atom stereocenters. The quantitative estimate of drug-likeness (QED) is 0.0878. The van der Waals surface area contributed by atoms with Crippen LogP contribution in [-0.4, -0.2) is 70.1 Å². The largest absolute Gasteiger partial charge is 0.494 e. The maximum absolute atomic E-state index is 13.7. The molecule has 8 aromatic rings. The number of hydrogen-bond acceptors (Lipinski definition) is 15. The molecule has 0 aliphatic carbocycles. The Morgan fingerprint density at radius 2 is 1.21 bits per heavy atom. The number of benzene rings is 4. The third-order valence-electron chi connectivity index (χ3n) is 13.6. The molecule has 1 fully saturated rings. The highest BCUT2D eigenvalue weighted by molar-refractivity contribution is 8.04. The predicted molar refractivity (Wildman–Crippen MR) is 342 cm³/mol. The fourth-order valence-electron chi connectivity index (χ4n) is 9.75. The predicted octanol–water partition coefficient (Wildman–Crippen LogP) is 10.9. The van der Waals surface area contributed by atoms with Gasteiger partial charge in [-0.3, -0.25) is 27.8 Å². The molecule has 424 valence electrons. The number of ether oxygens (including phenoxy) is 1. The Labute approximate surface area is 496 Å². The molecule has 10 rings (SSSR count). The van der Waals surface area contributed by atoms with Crippen LogP contribution in [0.1, 0.15) is 68.0 Å². The molecule has 4 aromatic heterocycles. The van der Waals surface area contributed by atoms with E-state index in [2.05, 4.69) is 92.7 Å². The molecule has 2 aliphatic heterocycles. The van der Waals surface area contributed by atoms with Crippen LogP contribution in [0.3, 0.4) is 0 Å². The third kappa shape index (κ3) is 13.5. The average Bonchev–Trinajstić information content (AvgIpc) is 4.42. The van der Waals surface area contributed by atoms with Crippen molar-refractivity contribution in [2.24, 2.45) is 0 Å². The van der Waals surface area contributed by atoms with Gasteiger partial charge in [0, 0.05) is 60.7 Å². The third-order valence-corrected chi connectivity index (χ3v) is 21.7. The van der Waals surface area contributed by atoms with Crippen molar-refractivity contribution in [3.63, 3.8) is 0 Å². The van der Waals surface area contributed by atoms with Crippen LogP contribution in [0.2, 0.25) is 0 Å². The van der Waals surface area contributed by atoms with Crippen LogP contribution in [0.4, 0.5) is 5.69 Å². The van der Waals surface area contributed by atoms with Crippen LogP contribution in [-0.2, 0) is 46.2 Å². The Hall–Kier alpha value is -5.72. The molecule has 0 saturated carbocycles. The lowest BCUT2D eigenvalue weighted by atomic mass is 9.96. The van der Waals surface area contributed by atoms with Crippen LogP contribution < -0.4 is 39.1 Å². The van der Waals surface area contributed by atoms with Gasteiger partial charge in [-0.1, -0.05) is 104 Å². The number of thiazole rings is 2. The van der Waals surface area contributed by atoms with Crippen LogP contribution in [0.25, 0.3) is 56.0 Å². The molecule has 0 amide bonds. The van der Waals surface area contributed by atoms with Crippen molar-refractivity contribution in [1.82, 2.24) is 14.0 Å². The van der Waals surface area contributed by atoms with Gasteiger partial charge in [-0.05, 0) is 129 Å². The minimum Gasteiger partial charge on any atom is -0.494 e. The summed E-state index contributed by atoms with van der Waals surface area (Å²) in [4.78, 5) is 34.3. The van der Waals surface area contributed by atoms with Gasteiger partial charge in [0.1, 0.15) is 11.6 Å². The van der Waals surface area contributed by atoms with E-state index in [0.29, 0.717) is 45.2 Å². The maximum Gasteiger partial charge on any atom is 0.283 e. The second-order valence-corrected chi connectivity index (χ2v) is 28.2. The number of aryl methyl sites for hydroxylation is 2. The Kier molecular flexibility index (Phi) is 19.1. The number of nitrogens with zero attached hydrogens (tertiary/aromatic N) is 4. The number of hydrogen-bond donors (Lipinski definition) is 2. The van der Waals surface area contributed by atoms with E-state index >= 15 is 0 Å². The van der Waals surface area contributed by atoms with Crippen molar-refractivity contribution in [3.8, 4) is 27.3 Å². The Bertz CT molecular complexity index is 4330. The second kappa shape index (κ2) is 25.8. The van der Waals surface area contributed by atoms with Crippen LogP contribution >= 0.6 is 68.9 Å². The summed E-state index contributed by atoms with van der Waals surface area (Å²) in [5.41, 5.74) is 7.47. The van der Waals surface area contributed by atoms with Crippen molar-refractivity contribution in [2.45, 2.75) is 85.3 Å². The van der Waals surface area contributed by atoms with E-state index in [1.54, 1.807) is 72.0 Å². The average molecular weight is 1240 g/mol. The first kappa shape index (κ1) is 59.9. The fourth-order valence-corrected chi connectivity index (χ4v) is 18.4. The Balaban J connectivity index is 0.000000210. The molecule has 2 aliphatic rings. The van der Waals surface area contributed by atoms with E-state index in [0.717, 1.165) is 59.4 Å². The summed E-state index contributed by atoms with van der Waals surface area (Å²) in [5, 5.41) is 2.59. The van der Waals surface area contributed by atoms with E-state index < -0.39 is 32.0 Å². The topological polar surface area (TPSA) is 168 Å². The molecule has 0 bridgehead atoms. The highest BCUT2D eigenvalue weighted by atomic mass is 32.2. The standard InChI is InChI=1S/C37H36N2O5S4.C23H26N2O4S4/c1-5-27-31(47-36(26-16-12-9-13-17-26)35(27)25-14-10-8-11-15-25)22-34-38(6-2)37(40)30(45-34)18-19-33-39(23-48(41,42)43)28-21-29(44-7-3)24(4)20-32(28)46-33;1-4-16-17-8-6-7-9-18(17)31-20(16)12-22-24(5-2)23(26)19(32-22)10-11-21-25(14-33(27,28)29)15(3)13-30-21/h8-22H,5-7,23H2,1-4H3,(H,41,42,43);6-12,15H,4-5,13-14H2,1-3H3,(H,27,28,29)/b30-18-,33-19+,34-22?;19-10-,21-11+,22-12?. The number of rotatable bonds is 16. The van der Waals surface area contributed by atoms with Gasteiger partial charge in [0.15, 0.2) is 5.88 Å². The molecule has 2 N–H and O–H groups in total. The fraction of sp³-hybridized carbons (Fsp3) is 0.267. The molecule has 6 heterocycles. The number of thioether (sulfide) groups is 2. The van der Waals surface area contributed by atoms with Crippen molar-refractivity contribution in [1.29, 1.82) is 0 Å². The summed E-state index contributed by atoms with van der Waals surface area (Å²) in [5.74, 6) is 0.312. The molecule has 81 heavy (non-hydrogen) atoms. The Morgan fingerprint density at radius 1 is 0.654 bits per heavy atom. The number of thiophene rings is 2.